The summed E-state index contributed by atoms with van der Waals surface area (Å²) in [5, 5.41) is 16.4. The fourth-order valence-electron chi connectivity index (χ4n) is 7.69. The summed E-state index contributed by atoms with van der Waals surface area (Å²) in [6.45, 7) is 4.47. The normalized spacial score (nSPS) is 12.2. The largest absolute Gasteiger partial charge is 0.0622 e. The Balaban J connectivity index is 1.61. The lowest BCUT2D eigenvalue weighted by Crippen LogP contribution is -1.89. The number of rotatable bonds is 2. The van der Waals surface area contributed by atoms with Gasteiger partial charge in [0, 0.05) is 0 Å². The maximum absolute atomic E-state index is 2.40. The topological polar surface area (TPSA) is 0 Å². The average Bonchev–Trinajstić information content (AvgIpc) is 3.50. The third-order valence-corrected chi connectivity index (χ3v) is 9.21. The molecule has 0 radical (unpaired) electrons. The van der Waals surface area contributed by atoms with Gasteiger partial charge < -0.3 is 0 Å². The lowest BCUT2D eigenvalue weighted by atomic mass is 9.89. The van der Waals surface area contributed by atoms with Gasteiger partial charge in [-0.05, 0) is 112 Å². The van der Waals surface area contributed by atoms with E-state index in [0.29, 0.717) is 0 Å². The van der Waals surface area contributed by atoms with Crippen LogP contribution in [0.4, 0.5) is 0 Å². The van der Waals surface area contributed by atoms with Gasteiger partial charge in [0.05, 0.1) is 0 Å². The molecule has 0 aliphatic rings. The Labute approximate surface area is 232 Å². The quantitative estimate of drug-likeness (QED) is 0.219. The minimum Gasteiger partial charge on any atom is -0.0622 e. The Kier molecular flexibility index (Phi) is 4.28. The predicted octanol–water partition coefficient (Wildman–Crippen LogP) is 11.4. The van der Waals surface area contributed by atoms with E-state index in [4.69, 9.17) is 0 Å². The second-order valence-corrected chi connectivity index (χ2v) is 11.3. The standard InChI is InChI=1S/C40H26/c1-23-11-8-12-24(2)34(23)30-21-22-33-36-29(30)18-10-20-32(36)40-38-28-16-7-6-15-26(28)27-17-9-19-31(37(27)38)35(39(33)40)25-13-4-3-5-14-25/h3-22H,1-2H3. The predicted molar refractivity (Wildman–Crippen MR) is 174 cm³/mol. The van der Waals surface area contributed by atoms with Gasteiger partial charge in [0.25, 0.3) is 0 Å². The van der Waals surface area contributed by atoms with Gasteiger partial charge in [-0.2, -0.15) is 0 Å². The van der Waals surface area contributed by atoms with Crippen molar-refractivity contribution < 1.29 is 0 Å². The van der Waals surface area contributed by atoms with Crippen LogP contribution in [0.1, 0.15) is 11.1 Å². The van der Waals surface area contributed by atoms with Crippen molar-refractivity contribution in [2.45, 2.75) is 13.8 Å². The maximum atomic E-state index is 2.40. The van der Waals surface area contributed by atoms with E-state index >= 15 is 0 Å². The highest BCUT2D eigenvalue weighted by Crippen LogP contribution is 2.53. The van der Waals surface area contributed by atoms with Crippen molar-refractivity contribution in [3.63, 3.8) is 0 Å². The van der Waals surface area contributed by atoms with Crippen LogP contribution in [-0.4, -0.2) is 0 Å². The van der Waals surface area contributed by atoms with Gasteiger partial charge in [-0.15, -0.1) is 0 Å². The fraction of sp³-hybridized carbons (Fsp3) is 0.0500. The molecule has 0 N–H and O–H groups in total. The average molecular weight is 507 g/mol. The summed E-state index contributed by atoms with van der Waals surface area (Å²) in [5.41, 5.74) is 7.95. The summed E-state index contributed by atoms with van der Waals surface area (Å²) < 4.78 is 0. The summed E-state index contributed by atoms with van der Waals surface area (Å²) in [4.78, 5) is 0. The maximum Gasteiger partial charge on any atom is -0.000697 e. The Morgan fingerprint density at radius 1 is 0.300 bits per heavy atom. The van der Waals surface area contributed by atoms with E-state index in [2.05, 4.69) is 135 Å². The van der Waals surface area contributed by atoms with Gasteiger partial charge in [-0.3, -0.25) is 0 Å². The van der Waals surface area contributed by atoms with Crippen LogP contribution in [0.5, 0.6) is 0 Å². The molecule has 9 rings (SSSR count). The molecule has 0 heteroatoms. The zero-order chi connectivity index (χ0) is 26.5. The fourth-order valence-corrected chi connectivity index (χ4v) is 7.69. The molecule has 40 heavy (non-hydrogen) atoms. The number of hydrogen-bond donors (Lipinski definition) is 0. The molecule has 0 aliphatic carbocycles. The number of aryl methyl sites for hydroxylation is 2. The van der Waals surface area contributed by atoms with E-state index in [1.165, 1.54) is 98.0 Å². The lowest BCUT2D eigenvalue weighted by Gasteiger charge is -2.14. The van der Waals surface area contributed by atoms with Gasteiger partial charge in [0.1, 0.15) is 0 Å². The van der Waals surface area contributed by atoms with E-state index in [0.717, 1.165) is 0 Å². The molecule has 0 saturated heterocycles. The summed E-state index contributed by atoms with van der Waals surface area (Å²) in [5.74, 6) is 0. The molecule has 0 heterocycles. The van der Waals surface area contributed by atoms with Crippen molar-refractivity contribution in [2.75, 3.05) is 0 Å². The third-order valence-electron chi connectivity index (χ3n) is 9.21. The minimum absolute atomic E-state index is 1.28. The van der Waals surface area contributed by atoms with Gasteiger partial charge >= 0.3 is 0 Å². The first-order valence-corrected chi connectivity index (χ1v) is 14.1. The molecule has 0 unspecified atom stereocenters. The molecule has 0 amide bonds. The van der Waals surface area contributed by atoms with Crippen molar-refractivity contribution in [3.8, 4) is 22.3 Å². The van der Waals surface area contributed by atoms with E-state index in [-0.39, 0.29) is 0 Å². The minimum atomic E-state index is 1.28. The van der Waals surface area contributed by atoms with Crippen molar-refractivity contribution in [2.24, 2.45) is 0 Å². The Morgan fingerprint density at radius 3 is 1.65 bits per heavy atom. The monoisotopic (exact) mass is 506 g/mol. The molecule has 0 bridgehead atoms. The SMILES string of the molecule is Cc1cccc(C)c1-c1ccc2c3c(-c4ccccc4)c4cccc5c6ccccc6c(c45)c3c3cccc1c23. The van der Waals surface area contributed by atoms with Crippen LogP contribution in [0.25, 0.3) is 86.9 Å². The van der Waals surface area contributed by atoms with Crippen LogP contribution < -0.4 is 0 Å². The van der Waals surface area contributed by atoms with Crippen LogP contribution in [0, 0.1) is 13.8 Å². The van der Waals surface area contributed by atoms with Gasteiger partial charge in [-0.1, -0.05) is 121 Å². The van der Waals surface area contributed by atoms with Crippen LogP contribution in [-0.2, 0) is 0 Å². The molecule has 0 saturated carbocycles. The lowest BCUT2D eigenvalue weighted by molar-refractivity contribution is 1.39. The van der Waals surface area contributed by atoms with Crippen molar-refractivity contribution in [1.82, 2.24) is 0 Å². The van der Waals surface area contributed by atoms with Crippen LogP contribution in [0.2, 0.25) is 0 Å². The smallest absolute Gasteiger partial charge is 0.000697 e. The number of benzene rings is 7. The summed E-state index contributed by atoms with van der Waals surface area (Å²) in [6.07, 6.45) is 0. The molecule has 0 spiro atoms. The molecule has 0 atom stereocenters. The molecule has 0 aromatic heterocycles. The highest BCUT2D eigenvalue weighted by atomic mass is 14.3. The van der Waals surface area contributed by atoms with Crippen molar-refractivity contribution in [1.29, 1.82) is 0 Å². The summed E-state index contributed by atoms with van der Waals surface area (Å²) in [6, 6.07) is 45.2. The van der Waals surface area contributed by atoms with Crippen molar-refractivity contribution >= 4 is 64.6 Å². The molecule has 9 aromatic carbocycles. The first-order valence-electron chi connectivity index (χ1n) is 14.1. The van der Waals surface area contributed by atoms with Gasteiger partial charge in [0.2, 0.25) is 0 Å². The molecular formula is C40H26. The summed E-state index contributed by atoms with van der Waals surface area (Å²) >= 11 is 0. The molecule has 0 aliphatic heterocycles. The van der Waals surface area contributed by atoms with Crippen molar-refractivity contribution in [3.05, 3.63) is 132 Å². The van der Waals surface area contributed by atoms with Crippen LogP contribution in [0.3, 0.4) is 0 Å². The van der Waals surface area contributed by atoms with E-state index in [9.17, 15) is 0 Å². The Morgan fingerprint density at radius 2 is 0.850 bits per heavy atom. The number of fused-ring (bicyclic) bond motifs is 7. The molecule has 9 aromatic rings. The highest BCUT2D eigenvalue weighted by molar-refractivity contribution is 6.48. The zero-order valence-electron chi connectivity index (χ0n) is 22.5. The Hall–Kier alpha value is -4.94. The van der Waals surface area contributed by atoms with E-state index in [1.54, 1.807) is 0 Å². The van der Waals surface area contributed by atoms with Crippen LogP contribution in [0.15, 0.2) is 121 Å². The molecule has 0 fully saturated rings. The first-order chi connectivity index (χ1) is 19.7. The van der Waals surface area contributed by atoms with Gasteiger partial charge in [0.15, 0.2) is 0 Å². The molecule has 0 nitrogen and oxygen atoms in total. The van der Waals surface area contributed by atoms with E-state index < -0.39 is 0 Å². The van der Waals surface area contributed by atoms with Crippen LogP contribution >= 0.6 is 0 Å². The zero-order valence-corrected chi connectivity index (χ0v) is 22.5. The molecular weight excluding hydrogens is 480 g/mol. The highest BCUT2D eigenvalue weighted by Gasteiger charge is 2.25. The molecule has 186 valence electrons. The van der Waals surface area contributed by atoms with Gasteiger partial charge in [-0.25, -0.2) is 0 Å². The second kappa shape index (κ2) is 7.81. The second-order valence-electron chi connectivity index (χ2n) is 11.3. The number of hydrogen-bond acceptors (Lipinski definition) is 0. The van der Waals surface area contributed by atoms with E-state index in [1.807, 2.05) is 0 Å². The third kappa shape index (κ3) is 2.66. The Bertz CT molecular complexity index is 2410. The first kappa shape index (κ1) is 21.9. The summed E-state index contributed by atoms with van der Waals surface area (Å²) in [7, 11) is 0.